The van der Waals surface area contributed by atoms with Crippen molar-refractivity contribution in [2.75, 3.05) is 0 Å². The molecule has 1 aliphatic heterocycles. The molecule has 6 nitrogen and oxygen atoms in total. The smallest absolute Gasteiger partial charge is 0.176 e. The van der Waals surface area contributed by atoms with Crippen LogP contribution in [-0.4, -0.2) is 10.2 Å². The van der Waals surface area contributed by atoms with Crippen LogP contribution in [0.4, 0.5) is 0 Å². The number of nitrogens with one attached hydrogen (secondary N) is 1. The highest BCUT2D eigenvalue weighted by molar-refractivity contribution is 6.70. The Labute approximate surface area is 119 Å². The van der Waals surface area contributed by atoms with Crippen LogP contribution in [-0.2, 0) is 0 Å². The molecule has 20 heavy (non-hydrogen) atoms. The maximum Gasteiger partial charge on any atom is 0.176 e. The second kappa shape index (κ2) is 5.67. The molecule has 1 aliphatic rings. The first-order valence-electron chi connectivity index (χ1n) is 5.33. The van der Waals surface area contributed by atoms with Gasteiger partial charge in [0, 0.05) is 6.20 Å². The van der Waals surface area contributed by atoms with Gasteiger partial charge in [-0.2, -0.15) is 15.8 Å². The number of nitrogens with zero attached hydrogens (tertiary/aromatic N) is 5. The van der Waals surface area contributed by atoms with E-state index < -0.39 is 0 Å². The standard InChI is InChI=1S/C13H5ClN6/c14-13-12(19-10(6-16)11(7-17)20-13)8(5-15)9-3-1-2-4-18-9/h1-4,19H/b12-8-. The van der Waals surface area contributed by atoms with Gasteiger partial charge in [-0.3, -0.25) is 4.98 Å². The summed E-state index contributed by atoms with van der Waals surface area (Å²) in [5.74, 6) is 0. The Morgan fingerprint density at radius 2 is 2.00 bits per heavy atom. The fraction of sp³-hybridized carbons (Fsp3) is 0. The second-order valence-corrected chi connectivity index (χ2v) is 3.91. The van der Waals surface area contributed by atoms with Crippen molar-refractivity contribution in [3.05, 3.63) is 47.2 Å². The second-order valence-electron chi connectivity index (χ2n) is 3.55. The molecular weight excluding hydrogens is 276 g/mol. The summed E-state index contributed by atoms with van der Waals surface area (Å²) in [7, 11) is 0. The molecule has 0 fully saturated rings. The van der Waals surface area contributed by atoms with Crippen LogP contribution in [0.3, 0.4) is 0 Å². The Morgan fingerprint density at radius 3 is 2.55 bits per heavy atom. The number of aliphatic imine (C=N–C) groups is 1. The van der Waals surface area contributed by atoms with E-state index in [-0.39, 0.29) is 27.8 Å². The molecule has 0 saturated heterocycles. The summed E-state index contributed by atoms with van der Waals surface area (Å²) in [4.78, 5) is 7.86. The molecule has 2 rings (SSSR count). The average molecular weight is 281 g/mol. The zero-order valence-electron chi connectivity index (χ0n) is 9.92. The number of allylic oxidation sites excluding steroid dienone is 4. The number of hydrogen-bond acceptors (Lipinski definition) is 6. The molecule has 1 aromatic heterocycles. The van der Waals surface area contributed by atoms with Crippen molar-refractivity contribution < 1.29 is 0 Å². The van der Waals surface area contributed by atoms with Crippen molar-refractivity contribution in [3.63, 3.8) is 0 Å². The van der Waals surface area contributed by atoms with E-state index in [4.69, 9.17) is 22.1 Å². The number of aromatic nitrogens is 1. The summed E-state index contributed by atoms with van der Waals surface area (Å²) >= 11 is 5.96. The van der Waals surface area contributed by atoms with E-state index in [1.54, 1.807) is 30.3 Å². The molecule has 1 N–H and O–H groups in total. The lowest BCUT2D eigenvalue weighted by atomic mass is 10.1. The lowest BCUT2D eigenvalue weighted by Crippen LogP contribution is -2.23. The van der Waals surface area contributed by atoms with Crippen LogP contribution in [0, 0.1) is 34.0 Å². The number of pyridine rings is 1. The van der Waals surface area contributed by atoms with Crippen molar-refractivity contribution in [3.8, 4) is 18.2 Å². The highest BCUT2D eigenvalue weighted by Gasteiger charge is 2.22. The van der Waals surface area contributed by atoms with Gasteiger partial charge >= 0.3 is 0 Å². The molecule has 0 unspecified atom stereocenters. The van der Waals surface area contributed by atoms with E-state index >= 15 is 0 Å². The van der Waals surface area contributed by atoms with E-state index in [9.17, 15) is 5.26 Å². The molecule has 1 aromatic rings. The molecule has 0 aliphatic carbocycles. The van der Waals surface area contributed by atoms with Gasteiger partial charge in [0.15, 0.2) is 16.6 Å². The van der Waals surface area contributed by atoms with Crippen molar-refractivity contribution >= 4 is 22.3 Å². The number of nitriles is 3. The summed E-state index contributed by atoms with van der Waals surface area (Å²) in [6, 6.07) is 10.6. The van der Waals surface area contributed by atoms with Gasteiger partial charge in [0.25, 0.3) is 0 Å². The van der Waals surface area contributed by atoms with E-state index in [0.717, 1.165) is 0 Å². The maximum atomic E-state index is 9.27. The van der Waals surface area contributed by atoms with Crippen LogP contribution in [0.1, 0.15) is 5.69 Å². The van der Waals surface area contributed by atoms with Gasteiger partial charge in [-0.05, 0) is 12.1 Å². The van der Waals surface area contributed by atoms with Gasteiger partial charge in [-0.15, -0.1) is 0 Å². The summed E-state index contributed by atoms with van der Waals surface area (Å²) in [5.41, 5.74) is 0.506. The Bertz CT molecular complexity index is 768. The molecule has 0 amide bonds. The van der Waals surface area contributed by atoms with Gasteiger partial charge in [-0.1, -0.05) is 17.7 Å². The van der Waals surface area contributed by atoms with Gasteiger partial charge in [-0.25, -0.2) is 4.99 Å². The van der Waals surface area contributed by atoms with Gasteiger partial charge < -0.3 is 5.32 Å². The summed E-state index contributed by atoms with van der Waals surface area (Å²) in [5, 5.41) is 29.7. The van der Waals surface area contributed by atoms with Gasteiger partial charge in [0.1, 0.15) is 23.8 Å². The van der Waals surface area contributed by atoms with Crippen LogP contribution in [0.5, 0.6) is 0 Å². The Morgan fingerprint density at radius 1 is 1.20 bits per heavy atom. The average Bonchev–Trinajstić information content (AvgIpc) is 2.50. The normalized spacial score (nSPS) is 16.2. The predicted molar refractivity (Wildman–Crippen MR) is 71.4 cm³/mol. The predicted octanol–water partition coefficient (Wildman–Crippen LogP) is 1.82. The Balaban J connectivity index is 2.61. The third-order valence-corrected chi connectivity index (χ3v) is 2.68. The molecule has 0 saturated carbocycles. The molecule has 0 bridgehead atoms. The molecule has 7 heteroatoms. The van der Waals surface area contributed by atoms with E-state index in [0.29, 0.717) is 5.69 Å². The van der Waals surface area contributed by atoms with Crippen LogP contribution >= 0.6 is 11.6 Å². The Kier molecular flexibility index (Phi) is 3.77. The van der Waals surface area contributed by atoms with Crippen molar-refractivity contribution in [2.24, 2.45) is 4.99 Å². The monoisotopic (exact) mass is 280 g/mol. The Hall–Kier alpha value is -3.14. The summed E-state index contributed by atoms with van der Waals surface area (Å²) in [6.45, 7) is 0. The molecular formula is C13H5ClN6. The van der Waals surface area contributed by atoms with Crippen LogP contribution in [0.25, 0.3) is 5.57 Å². The van der Waals surface area contributed by atoms with Crippen LogP contribution in [0.15, 0.2) is 46.5 Å². The molecule has 2 heterocycles. The topological polar surface area (TPSA) is 109 Å². The minimum Gasteiger partial charge on any atom is -0.341 e. The third-order valence-electron chi connectivity index (χ3n) is 2.40. The quantitative estimate of drug-likeness (QED) is 0.789. The first kappa shape index (κ1) is 13.3. The number of halogens is 1. The highest BCUT2D eigenvalue weighted by Crippen LogP contribution is 2.22. The first-order chi connectivity index (χ1) is 9.71. The highest BCUT2D eigenvalue weighted by atomic mass is 35.5. The fourth-order valence-electron chi connectivity index (χ4n) is 1.53. The molecule has 0 spiro atoms. The van der Waals surface area contributed by atoms with Crippen molar-refractivity contribution in [2.45, 2.75) is 0 Å². The first-order valence-corrected chi connectivity index (χ1v) is 5.71. The number of hydrogen-bond donors (Lipinski definition) is 1. The molecule has 0 radical (unpaired) electrons. The fourth-order valence-corrected chi connectivity index (χ4v) is 1.75. The minimum atomic E-state index is -0.125. The lowest BCUT2D eigenvalue weighted by molar-refractivity contribution is 1.02. The lowest BCUT2D eigenvalue weighted by Gasteiger charge is -2.15. The molecule has 0 aromatic carbocycles. The van der Waals surface area contributed by atoms with Crippen molar-refractivity contribution in [1.29, 1.82) is 15.8 Å². The van der Waals surface area contributed by atoms with Crippen LogP contribution in [0.2, 0.25) is 0 Å². The maximum absolute atomic E-state index is 9.27. The third kappa shape index (κ3) is 2.35. The van der Waals surface area contributed by atoms with Gasteiger partial charge in [0.05, 0.1) is 11.4 Å². The largest absolute Gasteiger partial charge is 0.341 e. The summed E-state index contributed by atoms with van der Waals surface area (Å²) in [6.07, 6.45) is 1.53. The van der Waals surface area contributed by atoms with E-state index in [2.05, 4.69) is 15.3 Å². The minimum absolute atomic E-state index is 0.0596. The molecule has 94 valence electrons. The van der Waals surface area contributed by atoms with Crippen LogP contribution < -0.4 is 5.32 Å². The zero-order chi connectivity index (χ0) is 14.5. The van der Waals surface area contributed by atoms with E-state index in [1.165, 1.54) is 6.20 Å². The SMILES string of the molecule is N#CC1=C(C#N)N/C(=C(/C#N)c2ccccn2)C(Cl)=N1. The zero-order valence-corrected chi connectivity index (χ0v) is 10.7. The number of rotatable bonds is 1. The summed E-state index contributed by atoms with van der Waals surface area (Å²) < 4.78 is 0. The van der Waals surface area contributed by atoms with Gasteiger partial charge in [0.2, 0.25) is 0 Å². The molecule has 0 atom stereocenters. The van der Waals surface area contributed by atoms with E-state index in [1.807, 2.05) is 6.07 Å². The van der Waals surface area contributed by atoms with Crippen molar-refractivity contribution in [1.82, 2.24) is 10.3 Å².